The second kappa shape index (κ2) is 8.42. The van der Waals surface area contributed by atoms with Crippen molar-refractivity contribution >= 4 is 17.4 Å². The van der Waals surface area contributed by atoms with Crippen molar-refractivity contribution in [2.24, 2.45) is 0 Å². The molecular weight excluding hydrogens is 336 g/mol. The van der Waals surface area contributed by atoms with Crippen molar-refractivity contribution in [1.82, 2.24) is 4.98 Å². The van der Waals surface area contributed by atoms with Crippen LogP contribution in [0.2, 0.25) is 0 Å². The number of ketones is 1. The molecule has 3 rings (SSSR count). The maximum atomic E-state index is 12.8. The van der Waals surface area contributed by atoms with E-state index >= 15 is 0 Å². The molecule has 0 bridgehead atoms. The summed E-state index contributed by atoms with van der Waals surface area (Å²) in [5, 5.41) is 12.8. The van der Waals surface area contributed by atoms with Crippen molar-refractivity contribution in [1.29, 1.82) is 0 Å². The molecule has 27 heavy (non-hydrogen) atoms. The number of pyridine rings is 1. The zero-order valence-corrected chi connectivity index (χ0v) is 16.0. The van der Waals surface area contributed by atoms with Crippen LogP contribution in [-0.2, 0) is 4.79 Å². The molecule has 0 unspecified atom stereocenters. The van der Waals surface area contributed by atoms with E-state index in [1.165, 1.54) is 18.6 Å². The highest BCUT2D eigenvalue weighted by Crippen LogP contribution is 2.25. The Kier molecular flexibility index (Phi) is 5.99. The van der Waals surface area contributed by atoms with E-state index in [1.54, 1.807) is 6.08 Å². The van der Waals surface area contributed by atoms with Gasteiger partial charge in [-0.25, -0.2) is 4.98 Å². The van der Waals surface area contributed by atoms with E-state index in [4.69, 9.17) is 4.98 Å². The van der Waals surface area contributed by atoms with Crippen molar-refractivity contribution < 1.29 is 9.44 Å². The minimum absolute atomic E-state index is 0.0108. The summed E-state index contributed by atoms with van der Waals surface area (Å²) in [5.74, 6) is -0.0108. The van der Waals surface area contributed by atoms with Crippen LogP contribution in [0.1, 0.15) is 42.3 Å². The zero-order chi connectivity index (χ0) is 19.3. The van der Waals surface area contributed by atoms with Crippen molar-refractivity contribution in [3.63, 3.8) is 0 Å². The molecule has 2 aromatic rings. The van der Waals surface area contributed by atoms with Crippen LogP contribution in [0.5, 0.6) is 0 Å². The summed E-state index contributed by atoms with van der Waals surface area (Å²) in [6, 6.07) is 14.0. The maximum Gasteiger partial charge on any atom is 0.152 e. The normalized spacial score (nSPS) is 16.8. The molecule has 0 aliphatic carbocycles. The molecule has 4 nitrogen and oxygen atoms in total. The Hall–Kier alpha value is -2.56. The Morgan fingerprint density at radius 3 is 2.52 bits per heavy atom. The molecule has 1 saturated heterocycles. The van der Waals surface area contributed by atoms with Crippen LogP contribution in [-0.4, -0.2) is 35.0 Å². The summed E-state index contributed by atoms with van der Waals surface area (Å²) in [5.41, 5.74) is 4.75. The van der Waals surface area contributed by atoms with Gasteiger partial charge in [0.1, 0.15) is 0 Å². The Morgan fingerprint density at radius 1 is 1.15 bits per heavy atom. The molecule has 0 amide bonds. The van der Waals surface area contributed by atoms with Crippen LogP contribution in [0.15, 0.2) is 54.6 Å². The molecule has 140 valence electrons. The highest BCUT2D eigenvalue weighted by molar-refractivity contribution is 5.91. The van der Waals surface area contributed by atoms with E-state index < -0.39 is 0 Å². The number of hydroxylamine groups is 3. The highest BCUT2D eigenvalue weighted by Gasteiger charge is 2.22. The molecule has 1 aromatic carbocycles. The summed E-state index contributed by atoms with van der Waals surface area (Å²) in [7, 11) is 0. The first-order valence-corrected chi connectivity index (χ1v) is 9.46. The van der Waals surface area contributed by atoms with Gasteiger partial charge in [-0.2, -0.15) is 0 Å². The van der Waals surface area contributed by atoms with Crippen LogP contribution in [0.3, 0.4) is 0 Å². The average molecular weight is 362 g/mol. The van der Waals surface area contributed by atoms with Crippen LogP contribution in [0.4, 0.5) is 0 Å². The second-order valence-corrected chi connectivity index (χ2v) is 7.27. The fourth-order valence-corrected chi connectivity index (χ4v) is 3.35. The number of rotatable bonds is 6. The Morgan fingerprint density at radius 2 is 1.85 bits per heavy atom. The molecule has 1 aliphatic heterocycles. The molecule has 2 heterocycles. The predicted molar refractivity (Wildman–Crippen MR) is 110 cm³/mol. The number of carbonyl (C=O) groups excluding carboxylic acids is 1. The molecule has 0 spiro atoms. The zero-order valence-electron chi connectivity index (χ0n) is 16.0. The number of hydrogen-bond acceptors (Lipinski definition) is 3. The van der Waals surface area contributed by atoms with Crippen LogP contribution >= 0.6 is 0 Å². The molecule has 0 saturated carbocycles. The number of allylic oxidation sites excluding steroid dienone is 1. The first-order chi connectivity index (χ1) is 13.0. The minimum atomic E-state index is -0.153. The van der Waals surface area contributed by atoms with Crippen molar-refractivity contribution in [3.05, 3.63) is 82.3 Å². The Labute approximate surface area is 161 Å². The minimum Gasteiger partial charge on any atom is -0.633 e. The maximum absolute atomic E-state index is 12.8. The molecule has 0 atom stereocenters. The van der Waals surface area contributed by atoms with Gasteiger partial charge in [0.25, 0.3) is 0 Å². The summed E-state index contributed by atoms with van der Waals surface area (Å²) in [6.45, 7) is 5.41. The lowest BCUT2D eigenvalue weighted by molar-refractivity contribution is -0.862. The lowest BCUT2D eigenvalue weighted by Gasteiger charge is -2.37. The third-order valence-electron chi connectivity index (χ3n) is 4.91. The first kappa shape index (κ1) is 19.2. The fraction of sp³-hybridized carbons (Fsp3) is 0.304. The summed E-state index contributed by atoms with van der Waals surface area (Å²) >= 11 is 0. The van der Waals surface area contributed by atoms with Gasteiger partial charge >= 0.3 is 0 Å². The number of aromatic nitrogens is 1. The number of carbonyl (C=O) groups is 1. The molecular formula is C23H26N2O2. The standard InChI is InChI=1S/C23H26N2O2/c1-18-8-11-20(12-9-18)22(14-17-25(27)15-3-4-16-25)23-7-5-6-21(24-23)13-10-19(2)26/h5-14H,3-4,15-17H2,1-2H3/b13-10+,22-14+. The summed E-state index contributed by atoms with van der Waals surface area (Å²) in [6.07, 6.45) is 7.27. The SMILES string of the molecule is CC(=O)/C=C/c1cccc(/C(=C/C[N+]2([O-])CCCC2)c2ccc(C)cc2)n1. The lowest BCUT2D eigenvalue weighted by atomic mass is 10.00. The number of likely N-dealkylation sites (tertiary alicyclic amines) is 1. The molecule has 0 radical (unpaired) electrons. The van der Waals surface area contributed by atoms with Crippen molar-refractivity contribution in [3.8, 4) is 0 Å². The molecule has 0 N–H and O–H groups in total. The lowest BCUT2D eigenvalue weighted by Crippen LogP contribution is -2.38. The van der Waals surface area contributed by atoms with Crippen LogP contribution in [0.25, 0.3) is 11.6 Å². The van der Waals surface area contributed by atoms with E-state index in [0.717, 1.165) is 35.4 Å². The number of aryl methyl sites for hydroxylation is 1. The van der Waals surface area contributed by atoms with Gasteiger partial charge in [0.05, 0.1) is 31.0 Å². The predicted octanol–water partition coefficient (Wildman–Crippen LogP) is 4.53. The van der Waals surface area contributed by atoms with E-state index in [9.17, 15) is 10.0 Å². The first-order valence-electron chi connectivity index (χ1n) is 9.46. The van der Waals surface area contributed by atoms with Gasteiger partial charge in [-0.3, -0.25) is 4.79 Å². The quantitative estimate of drug-likeness (QED) is 0.431. The van der Waals surface area contributed by atoms with Crippen LogP contribution in [0, 0.1) is 12.1 Å². The van der Waals surface area contributed by atoms with Crippen molar-refractivity contribution in [2.75, 3.05) is 19.6 Å². The van der Waals surface area contributed by atoms with E-state index in [1.807, 2.05) is 24.3 Å². The molecule has 1 aliphatic rings. The van der Waals surface area contributed by atoms with Crippen LogP contribution < -0.4 is 0 Å². The van der Waals surface area contributed by atoms with Gasteiger partial charge < -0.3 is 9.85 Å². The van der Waals surface area contributed by atoms with Gasteiger partial charge in [0, 0.05) is 18.4 Å². The topological polar surface area (TPSA) is 53.0 Å². The van der Waals surface area contributed by atoms with Gasteiger partial charge in [-0.05, 0) is 49.8 Å². The van der Waals surface area contributed by atoms with E-state index in [0.29, 0.717) is 19.6 Å². The Bertz CT molecular complexity index is 860. The summed E-state index contributed by atoms with van der Waals surface area (Å²) in [4.78, 5) is 15.9. The van der Waals surface area contributed by atoms with E-state index in [-0.39, 0.29) is 10.4 Å². The Balaban J connectivity index is 1.97. The monoisotopic (exact) mass is 362 g/mol. The molecule has 1 fully saturated rings. The largest absolute Gasteiger partial charge is 0.633 e. The number of nitrogens with zero attached hydrogens (tertiary/aromatic N) is 2. The number of hydrogen-bond donors (Lipinski definition) is 0. The van der Waals surface area contributed by atoms with Gasteiger partial charge in [0.15, 0.2) is 5.78 Å². The van der Waals surface area contributed by atoms with Gasteiger partial charge in [0.2, 0.25) is 0 Å². The van der Waals surface area contributed by atoms with E-state index in [2.05, 4.69) is 31.2 Å². The van der Waals surface area contributed by atoms with Crippen molar-refractivity contribution in [2.45, 2.75) is 26.7 Å². The number of quaternary nitrogens is 1. The summed E-state index contributed by atoms with van der Waals surface area (Å²) < 4.78 is -0.153. The molecule has 1 aromatic heterocycles. The third-order valence-corrected chi connectivity index (χ3v) is 4.91. The average Bonchev–Trinajstić information content (AvgIpc) is 3.09. The van der Waals surface area contributed by atoms with Gasteiger partial charge in [-0.15, -0.1) is 0 Å². The second-order valence-electron chi connectivity index (χ2n) is 7.27. The molecule has 4 heteroatoms. The third kappa shape index (κ3) is 5.22. The highest BCUT2D eigenvalue weighted by atomic mass is 16.5. The smallest absolute Gasteiger partial charge is 0.152 e. The fourth-order valence-electron chi connectivity index (χ4n) is 3.35. The van der Waals surface area contributed by atoms with Gasteiger partial charge in [-0.1, -0.05) is 35.9 Å². The number of benzene rings is 1.